The summed E-state index contributed by atoms with van der Waals surface area (Å²) in [6.45, 7) is 5.85. The van der Waals surface area contributed by atoms with Crippen molar-refractivity contribution in [3.63, 3.8) is 0 Å². The molecule has 0 spiro atoms. The first-order valence-electron chi connectivity index (χ1n) is 9.04. The molecule has 2 aromatic rings. The highest BCUT2D eigenvalue weighted by Crippen LogP contribution is 2.16. The van der Waals surface area contributed by atoms with Crippen LogP contribution in [0.1, 0.15) is 49.8 Å². The van der Waals surface area contributed by atoms with E-state index in [9.17, 15) is 14.0 Å². The van der Waals surface area contributed by atoms with Crippen LogP contribution >= 0.6 is 0 Å². The molecule has 27 heavy (non-hydrogen) atoms. The maximum absolute atomic E-state index is 12.9. The standard InChI is InChI=1S/C20H26FN3O3/c1-4-5-17(19(25)23-14(3)18-11-6-13(2)27-18)24-20(26)22-12-15-7-9-16(21)10-8-15/h6-11,14,17H,4-5,12H2,1-3H3,(H,23,25)(H2,22,24,26). The number of furan rings is 1. The van der Waals surface area contributed by atoms with Crippen LogP contribution in [0.5, 0.6) is 0 Å². The second kappa shape index (κ2) is 9.75. The Morgan fingerprint density at radius 2 is 1.81 bits per heavy atom. The lowest BCUT2D eigenvalue weighted by atomic mass is 10.1. The highest BCUT2D eigenvalue weighted by atomic mass is 19.1. The first kappa shape index (κ1) is 20.5. The summed E-state index contributed by atoms with van der Waals surface area (Å²) in [6.07, 6.45) is 1.25. The van der Waals surface area contributed by atoms with E-state index in [1.54, 1.807) is 12.1 Å². The fourth-order valence-corrected chi connectivity index (χ4v) is 2.62. The number of urea groups is 1. The molecule has 0 radical (unpaired) electrons. The van der Waals surface area contributed by atoms with Gasteiger partial charge in [-0.1, -0.05) is 25.5 Å². The summed E-state index contributed by atoms with van der Waals surface area (Å²) in [5.41, 5.74) is 0.768. The lowest BCUT2D eigenvalue weighted by Gasteiger charge is -2.20. The minimum Gasteiger partial charge on any atom is -0.464 e. The van der Waals surface area contributed by atoms with Crippen LogP contribution in [0.15, 0.2) is 40.8 Å². The van der Waals surface area contributed by atoms with Crippen LogP contribution < -0.4 is 16.0 Å². The molecule has 146 valence electrons. The van der Waals surface area contributed by atoms with Crippen LogP contribution in [0.25, 0.3) is 0 Å². The molecule has 0 aliphatic rings. The molecule has 7 heteroatoms. The number of halogens is 1. The molecule has 6 nitrogen and oxygen atoms in total. The van der Waals surface area contributed by atoms with E-state index in [0.29, 0.717) is 12.2 Å². The second-order valence-corrected chi connectivity index (χ2v) is 6.47. The number of carbonyl (C=O) groups is 2. The molecule has 2 unspecified atom stereocenters. The normalized spacial score (nSPS) is 12.9. The molecule has 0 fully saturated rings. The summed E-state index contributed by atoms with van der Waals surface area (Å²) < 4.78 is 18.4. The third-order valence-electron chi connectivity index (χ3n) is 4.11. The average Bonchev–Trinajstić information content (AvgIpc) is 3.07. The molecule has 0 bridgehead atoms. The van der Waals surface area contributed by atoms with E-state index in [4.69, 9.17) is 4.42 Å². The van der Waals surface area contributed by atoms with Crippen molar-refractivity contribution in [1.82, 2.24) is 16.0 Å². The predicted molar refractivity (Wildman–Crippen MR) is 100 cm³/mol. The molecule has 3 N–H and O–H groups in total. The van der Waals surface area contributed by atoms with Crippen molar-refractivity contribution in [3.8, 4) is 0 Å². The smallest absolute Gasteiger partial charge is 0.315 e. The monoisotopic (exact) mass is 375 g/mol. The fraction of sp³-hybridized carbons (Fsp3) is 0.400. The number of aryl methyl sites for hydroxylation is 1. The quantitative estimate of drug-likeness (QED) is 0.659. The van der Waals surface area contributed by atoms with Gasteiger partial charge < -0.3 is 20.4 Å². The first-order valence-corrected chi connectivity index (χ1v) is 9.04. The number of amides is 3. The van der Waals surface area contributed by atoms with E-state index in [1.165, 1.54) is 12.1 Å². The van der Waals surface area contributed by atoms with Gasteiger partial charge in [0.1, 0.15) is 23.4 Å². The molecule has 1 aromatic heterocycles. The molecule has 0 aliphatic carbocycles. The van der Waals surface area contributed by atoms with Crippen LogP contribution in [0.4, 0.5) is 9.18 Å². The van der Waals surface area contributed by atoms with E-state index in [-0.39, 0.29) is 24.3 Å². The van der Waals surface area contributed by atoms with Crippen LogP contribution in [-0.2, 0) is 11.3 Å². The highest BCUT2D eigenvalue weighted by molar-refractivity contribution is 5.87. The predicted octanol–water partition coefficient (Wildman–Crippen LogP) is 3.57. The Bertz CT molecular complexity index is 758. The van der Waals surface area contributed by atoms with Crippen LogP contribution in [-0.4, -0.2) is 18.0 Å². The number of hydrogen-bond donors (Lipinski definition) is 3. The Hall–Kier alpha value is -2.83. The summed E-state index contributed by atoms with van der Waals surface area (Å²) in [5, 5.41) is 8.24. The van der Waals surface area contributed by atoms with Crippen LogP contribution in [0.2, 0.25) is 0 Å². The SMILES string of the molecule is CCCC(NC(=O)NCc1ccc(F)cc1)C(=O)NC(C)c1ccc(C)o1. The Kier molecular flexibility index (Phi) is 7.40. The lowest BCUT2D eigenvalue weighted by Crippen LogP contribution is -2.50. The van der Waals surface area contributed by atoms with Gasteiger partial charge in [-0.25, -0.2) is 9.18 Å². The minimum absolute atomic E-state index is 0.245. The summed E-state index contributed by atoms with van der Waals surface area (Å²) in [6, 6.07) is 8.11. The highest BCUT2D eigenvalue weighted by Gasteiger charge is 2.22. The summed E-state index contributed by atoms with van der Waals surface area (Å²) in [5.74, 6) is 0.838. The van der Waals surface area contributed by atoms with Gasteiger partial charge in [-0.3, -0.25) is 4.79 Å². The van der Waals surface area contributed by atoms with Crippen LogP contribution in [0, 0.1) is 12.7 Å². The van der Waals surface area contributed by atoms with Crippen molar-refractivity contribution in [2.75, 3.05) is 0 Å². The molecule has 0 aliphatic heterocycles. The molecular formula is C20H26FN3O3. The molecule has 2 atom stereocenters. The molecule has 2 rings (SSSR count). The maximum Gasteiger partial charge on any atom is 0.315 e. The second-order valence-electron chi connectivity index (χ2n) is 6.47. The Balaban J connectivity index is 1.87. The number of benzene rings is 1. The largest absolute Gasteiger partial charge is 0.464 e. The Labute approximate surface area is 158 Å². The van der Waals surface area contributed by atoms with Crippen molar-refractivity contribution < 1.29 is 18.4 Å². The zero-order chi connectivity index (χ0) is 19.8. The molecule has 0 saturated heterocycles. The van der Waals surface area contributed by atoms with E-state index in [1.807, 2.05) is 32.9 Å². The number of rotatable bonds is 8. The third-order valence-corrected chi connectivity index (χ3v) is 4.11. The van der Waals surface area contributed by atoms with E-state index < -0.39 is 12.1 Å². The van der Waals surface area contributed by atoms with Gasteiger partial charge in [0.25, 0.3) is 0 Å². The summed E-state index contributed by atoms with van der Waals surface area (Å²) in [7, 11) is 0. The Morgan fingerprint density at radius 3 is 2.41 bits per heavy atom. The topological polar surface area (TPSA) is 83.4 Å². The average molecular weight is 375 g/mol. The molecule has 1 heterocycles. The fourth-order valence-electron chi connectivity index (χ4n) is 2.62. The molecule has 1 aromatic carbocycles. The van der Waals surface area contributed by atoms with Crippen molar-refractivity contribution in [1.29, 1.82) is 0 Å². The minimum atomic E-state index is -0.651. The Morgan fingerprint density at radius 1 is 1.11 bits per heavy atom. The van der Waals surface area contributed by atoms with Crippen molar-refractivity contribution >= 4 is 11.9 Å². The molecule has 0 saturated carbocycles. The zero-order valence-corrected chi connectivity index (χ0v) is 15.8. The van der Waals surface area contributed by atoms with Gasteiger partial charge in [0, 0.05) is 6.54 Å². The number of nitrogens with one attached hydrogen (secondary N) is 3. The van der Waals surface area contributed by atoms with E-state index in [0.717, 1.165) is 17.7 Å². The van der Waals surface area contributed by atoms with Crippen molar-refractivity contribution in [2.45, 2.75) is 52.2 Å². The molecule has 3 amide bonds. The summed E-state index contributed by atoms with van der Waals surface area (Å²) in [4.78, 5) is 24.7. The third kappa shape index (κ3) is 6.44. The van der Waals surface area contributed by atoms with Gasteiger partial charge in [-0.05, 0) is 50.1 Å². The van der Waals surface area contributed by atoms with Crippen LogP contribution in [0.3, 0.4) is 0 Å². The van der Waals surface area contributed by atoms with Gasteiger partial charge in [0.05, 0.1) is 6.04 Å². The van der Waals surface area contributed by atoms with Gasteiger partial charge in [0.2, 0.25) is 5.91 Å². The van der Waals surface area contributed by atoms with Gasteiger partial charge in [-0.2, -0.15) is 0 Å². The number of carbonyl (C=O) groups excluding carboxylic acids is 2. The van der Waals surface area contributed by atoms with Crippen molar-refractivity contribution in [3.05, 3.63) is 59.3 Å². The lowest BCUT2D eigenvalue weighted by molar-refractivity contribution is -0.123. The first-order chi connectivity index (χ1) is 12.9. The van der Waals surface area contributed by atoms with E-state index >= 15 is 0 Å². The maximum atomic E-state index is 12.9. The van der Waals surface area contributed by atoms with E-state index in [2.05, 4.69) is 16.0 Å². The molecular weight excluding hydrogens is 349 g/mol. The van der Waals surface area contributed by atoms with Gasteiger partial charge in [-0.15, -0.1) is 0 Å². The summed E-state index contributed by atoms with van der Waals surface area (Å²) >= 11 is 0. The van der Waals surface area contributed by atoms with Crippen molar-refractivity contribution in [2.24, 2.45) is 0 Å². The zero-order valence-electron chi connectivity index (χ0n) is 15.8. The van der Waals surface area contributed by atoms with Gasteiger partial charge >= 0.3 is 6.03 Å². The number of hydrogen-bond acceptors (Lipinski definition) is 3. The van der Waals surface area contributed by atoms with Gasteiger partial charge in [0.15, 0.2) is 0 Å².